The maximum atomic E-state index is 10.3. The molecule has 0 aliphatic rings. The predicted octanol–water partition coefficient (Wildman–Crippen LogP) is 0.529. The summed E-state index contributed by atoms with van der Waals surface area (Å²) in [5.74, 6) is -2.62. The number of benzene rings is 2. The molecule has 2 rings (SSSR count). The monoisotopic (exact) mass is 367 g/mol. The second kappa shape index (κ2) is 12.0. The third kappa shape index (κ3) is 7.84. The summed E-state index contributed by atoms with van der Waals surface area (Å²) in [6.45, 7) is 0. The third-order valence-electron chi connectivity index (χ3n) is 2.27. The van der Waals surface area contributed by atoms with Gasteiger partial charge in [-0.3, -0.25) is 0 Å². The Bertz CT molecular complexity index is 574. The molecule has 0 aliphatic carbocycles. The van der Waals surface area contributed by atoms with Crippen LogP contribution < -0.4 is 0 Å². The number of carboxylic acids is 2. The number of hydrogen-bond donors (Lipinski definition) is 4. The Morgan fingerprint density at radius 1 is 0.652 bits per heavy atom. The summed E-state index contributed by atoms with van der Waals surface area (Å²) in [6, 6.07) is 11.6. The number of rotatable bonds is 2. The molecule has 1 radical (unpaired) electrons. The molecule has 0 bridgehead atoms. The van der Waals surface area contributed by atoms with E-state index in [9.17, 15) is 9.59 Å². The van der Waals surface area contributed by atoms with Gasteiger partial charge < -0.3 is 31.4 Å². The van der Waals surface area contributed by atoms with Gasteiger partial charge in [0.2, 0.25) is 0 Å². The van der Waals surface area contributed by atoms with Crippen LogP contribution in [0, 0.1) is 0 Å². The van der Waals surface area contributed by atoms with Crippen molar-refractivity contribution in [1.29, 1.82) is 0 Å². The first-order chi connectivity index (χ1) is 9.43. The van der Waals surface area contributed by atoms with Crippen molar-refractivity contribution in [2.75, 3.05) is 0 Å². The fourth-order valence-corrected chi connectivity index (χ4v) is 1.31. The van der Waals surface area contributed by atoms with Crippen molar-refractivity contribution in [3.8, 4) is 11.5 Å². The number of hydrogen-bond acceptors (Lipinski definition) is 4. The SMILES string of the molecule is O.O.O=C(O)c1ccccc1O.O=C(O)c1ccccc1O.[Mn]. The third-order valence-corrected chi connectivity index (χ3v) is 2.27. The van der Waals surface area contributed by atoms with Gasteiger partial charge >= 0.3 is 11.9 Å². The summed E-state index contributed by atoms with van der Waals surface area (Å²) in [4.78, 5) is 20.5. The normalized spacial score (nSPS) is 8.00. The van der Waals surface area contributed by atoms with Crippen LogP contribution in [0.4, 0.5) is 0 Å². The van der Waals surface area contributed by atoms with Gasteiger partial charge in [0.1, 0.15) is 22.6 Å². The van der Waals surface area contributed by atoms with E-state index >= 15 is 0 Å². The molecule has 0 unspecified atom stereocenters. The van der Waals surface area contributed by atoms with Crippen LogP contribution in [0.1, 0.15) is 20.7 Å². The zero-order valence-electron chi connectivity index (χ0n) is 11.6. The Morgan fingerprint density at radius 3 is 1.09 bits per heavy atom. The van der Waals surface area contributed by atoms with E-state index in [1.54, 1.807) is 24.3 Å². The number of aromatic carboxylic acids is 2. The number of carboxylic acid groups (broad SMARTS) is 2. The van der Waals surface area contributed by atoms with Gasteiger partial charge in [0.05, 0.1) is 0 Å². The quantitative estimate of drug-likeness (QED) is 0.562. The molecule has 2 aromatic rings. The van der Waals surface area contributed by atoms with Gasteiger partial charge in [0.25, 0.3) is 0 Å². The summed E-state index contributed by atoms with van der Waals surface area (Å²) in [5, 5.41) is 34.6. The maximum Gasteiger partial charge on any atom is 0.339 e. The molecular weight excluding hydrogens is 351 g/mol. The Morgan fingerprint density at radius 2 is 0.913 bits per heavy atom. The van der Waals surface area contributed by atoms with Gasteiger partial charge in [-0.2, -0.15) is 0 Å². The van der Waals surface area contributed by atoms with E-state index in [0.717, 1.165) is 0 Å². The van der Waals surface area contributed by atoms with E-state index in [2.05, 4.69) is 0 Å². The Labute approximate surface area is 141 Å². The molecule has 0 saturated heterocycles. The van der Waals surface area contributed by atoms with Crippen molar-refractivity contribution in [3.63, 3.8) is 0 Å². The van der Waals surface area contributed by atoms with E-state index in [1.165, 1.54) is 24.3 Å². The predicted molar refractivity (Wildman–Crippen MR) is 77.4 cm³/mol. The first-order valence-corrected chi connectivity index (χ1v) is 5.46. The molecule has 0 fully saturated rings. The molecule has 0 aliphatic heterocycles. The fraction of sp³-hybridized carbons (Fsp3) is 0. The van der Waals surface area contributed by atoms with Crippen molar-refractivity contribution < 1.29 is 58.0 Å². The molecule has 2 aromatic carbocycles. The van der Waals surface area contributed by atoms with Crippen molar-refractivity contribution in [2.24, 2.45) is 0 Å². The molecule has 0 spiro atoms. The minimum Gasteiger partial charge on any atom is -0.507 e. The van der Waals surface area contributed by atoms with Crippen LogP contribution in [0.5, 0.6) is 11.5 Å². The molecule has 0 atom stereocenters. The van der Waals surface area contributed by atoms with E-state index in [4.69, 9.17) is 20.4 Å². The molecule has 0 heterocycles. The molecule has 9 heteroatoms. The molecule has 0 saturated carbocycles. The van der Waals surface area contributed by atoms with Crippen LogP contribution in [-0.4, -0.2) is 43.3 Å². The minimum atomic E-state index is -1.11. The van der Waals surface area contributed by atoms with Crippen LogP contribution in [-0.2, 0) is 17.1 Å². The number of phenols is 2. The van der Waals surface area contributed by atoms with Crippen LogP contribution >= 0.6 is 0 Å². The molecule has 23 heavy (non-hydrogen) atoms. The van der Waals surface area contributed by atoms with Gasteiger partial charge in [-0.15, -0.1) is 0 Å². The number of carbonyl (C=O) groups is 2. The topological polar surface area (TPSA) is 178 Å². The minimum absolute atomic E-state index is 0. The Kier molecular flexibility index (Phi) is 13.3. The molecule has 8 nitrogen and oxygen atoms in total. The van der Waals surface area contributed by atoms with E-state index in [1.807, 2.05) is 0 Å². The zero-order valence-corrected chi connectivity index (χ0v) is 12.8. The van der Waals surface area contributed by atoms with Crippen molar-refractivity contribution in [1.82, 2.24) is 0 Å². The average Bonchev–Trinajstić information content (AvgIpc) is 2.40. The zero-order chi connectivity index (χ0) is 15.1. The average molecular weight is 367 g/mol. The van der Waals surface area contributed by atoms with Gasteiger partial charge in [-0.05, 0) is 24.3 Å². The Hall–Kier alpha value is -2.58. The van der Waals surface area contributed by atoms with Crippen LogP contribution in [0.2, 0.25) is 0 Å². The first kappa shape index (κ1) is 25.4. The summed E-state index contributed by atoms with van der Waals surface area (Å²) in [6.07, 6.45) is 0. The van der Waals surface area contributed by atoms with Crippen LogP contribution in [0.15, 0.2) is 48.5 Å². The number of aromatic hydroxyl groups is 2. The summed E-state index contributed by atoms with van der Waals surface area (Å²) in [7, 11) is 0. The smallest absolute Gasteiger partial charge is 0.339 e. The second-order valence-corrected chi connectivity index (χ2v) is 3.64. The number of para-hydroxylation sites is 2. The molecular formula is C14H16MnO8. The van der Waals surface area contributed by atoms with Crippen molar-refractivity contribution >= 4 is 11.9 Å². The van der Waals surface area contributed by atoms with Gasteiger partial charge in [0.15, 0.2) is 0 Å². The molecule has 0 aromatic heterocycles. The van der Waals surface area contributed by atoms with Gasteiger partial charge in [-0.25, -0.2) is 9.59 Å². The van der Waals surface area contributed by atoms with E-state index < -0.39 is 11.9 Å². The largest absolute Gasteiger partial charge is 0.507 e. The van der Waals surface area contributed by atoms with Crippen molar-refractivity contribution in [3.05, 3.63) is 59.7 Å². The fourth-order valence-electron chi connectivity index (χ4n) is 1.31. The molecule has 127 valence electrons. The van der Waals surface area contributed by atoms with E-state index in [0.29, 0.717) is 0 Å². The van der Waals surface area contributed by atoms with Crippen LogP contribution in [0.25, 0.3) is 0 Å². The Balaban J connectivity index is -0.000000308. The van der Waals surface area contributed by atoms with Crippen LogP contribution in [0.3, 0.4) is 0 Å². The van der Waals surface area contributed by atoms with Crippen molar-refractivity contribution in [2.45, 2.75) is 0 Å². The summed E-state index contributed by atoms with van der Waals surface area (Å²) >= 11 is 0. The maximum absolute atomic E-state index is 10.3. The molecule has 8 N–H and O–H groups in total. The second-order valence-electron chi connectivity index (χ2n) is 3.64. The summed E-state index contributed by atoms with van der Waals surface area (Å²) < 4.78 is 0. The van der Waals surface area contributed by atoms with Gasteiger partial charge in [0, 0.05) is 17.1 Å². The summed E-state index contributed by atoms with van der Waals surface area (Å²) in [5.41, 5.74) is -0.134. The standard InChI is InChI=1S/2C7H6O3.Mn.2H2O/c2*8-6-4-2-1-3-5(6)7(9)10;;;/h2*1-4,8H,(H,9,10);;2*1H2. The molecule has 0 amide bonds. The first-order valence-electron chi connectivity index (χ1n) is 5.46. The van der Waals surface area contributed by atoms with E-state index in [-0.39, 0.29) is 50.6 Å². The van der Waals surface area contributed by atoms with Gasteiger partial charge in [-0.1, -0.05) is 24.3 Å².